The molecule has 0 aliphatic rings. The van der Waals surface area contributed by atoms with Crippen LogP contribution in [-0.2, 0) is 16.1 Å². The maximum atomic E-state index is 13.3. The van der Waals surface area contributed by atoms with E-state index in [1.54, 1.807) is 16.7 Å². The van der Waals surface area contributed by atoms with Crippen molar-refractivity contribution in [3.05, 3.63) is 118 Å². The van der Waals surface area contributed by atoms with Crippen LogP contribution in [0.4, 0.5) is 0 Å². The predicted molar refractivity (Wildman–Crippen MR) is 176 cm³/mol. The number of ether oxygens (including phenoxy) is 1. The molecule has 1 aromatic heterocycles. The third-order valence-corrected chi connectivity index (χ3v) is 7.65. The molecular formula is C35H31Cl2N3O4. The molecule has 44 heavy (non-hydrogen) atoms. The van der Waals surface area contributed by atoms with Gasteiger partial charge in [-0.05, 0) is 71.7 Å². The lowest BCUT2D eigenvalue weighted by Gasteiger charge is -2.17. The monoisotopic (exact) mass is 627 g/mol. The van der Waals surface area contributed by atoms with Crippen LogP contribution in [-0.4, -0.2) is 33.1 Å². The van der Waals surface area contributed by atoms with Crippen molar-refractivity contribution >= 4 is 58.0 Å². The van der Waals surface area contributed by atoms with Crippen LogP contribution in [0.15, 0.2) is 91.1 Å². The number of carbonyl (C=O) groups is 2. The molecule has 9 heteroatoms. The molecule has 5 aromatic rings. The van der Waals surface area contributed by atoms with Crippen LogP contribution in [0.25, 0.3) is 34.2 Å². The molecular weight excluding hydrogens is 597 g/mol. The number of nitrogens with one attached hydrogen (secondary N) is 1. The zero-order valence-corrected chi connectivity index (χ0v) is 25.6. The lowest BCUT2D eigenvalue weighted by atomic mass is 10.00. The molecule has 224 valence electrons. The summed E-state index contributed by atoms with van der Waals surface area (Å²) in [5, 5.41) is 15.1. The zero-order chi connectivity index (χ0) is 31.1. The van der Waals surface area contributed by atoms with Crippen molar-refractivity contribution in [3.63, 3.8) is 0 Å². The number of nitrogens with zero attached hydrogens (tertiary/aromatic N) is 2. The molecule has 0 spiro atoms. The van der Waals surface area contributed by atoms with Gasteiger partial charge in [-0.1, -0.05) is 83.9 Å². The molecule has 1 amide bonds. The molecule has 1 unspecified atom stereocenters. The van der Waals surface area contributed by atoms with Crippen LogP contribution in [0.2, 0.25) is 10.0 Å². The fourth-order valence-corrected chi connectivity index (χ4v) is 5.43. The largest absolute Gasteiger partial charge is 0.494 e. The third kappa shape index (κ3) is 7.86. The van der Waals surface area contributed by atoms with Gasteiger partial charge in [0.1, 0.15) is 18.1 Å². The number of rotatable bonds is 12. The minimum Gasteiger partial charge on any atom is -0.494 e. The van der Waals surface area contributed by atoms with E-state index in [4.69, 9.17) is 38.0 Å². The number of carboxylic acids is 1. The van der Waals surface area contributed by atoms with Gasteiger partial charge < -0.3 is 19.7 Å². The lowest BCUT2D eigenvalue weighted by molar-refractivity contribution is -0.137. The number of hydrogen-bond donors (Lipinski definition) is 2. The maximum Gasteiger partial charge on any atom is 0.303 e. The van der Waals surface area contributed by atoms with Gasteiger partial charge in [-0.25, -0.2) is 4.98 Å². The van der Waals surface area contributed by atoms with E-state index in [9.17, 15) is 9.59 Å². The Bertz CT molecular complexity index is 1810. The van der Waals surface area contributed by atoms with Gasteiger partial charge in [-0.3, -0.25) is 9.59 Å². The molecule has 0 saturated heterocycles. The van der Waals surface area contributed by atoms with E-state index in [1.807, 2.05) is 79.9 Å². The Morgan fingerprint density at radius 1 is 1.00 bits per heavy atom. The van der Waals surface area contributed by atoms with Gasteiger partial charge in [0.2, 0.25) is 5.91 Å². The van der Waals surface area contributed by atoms with Gasteiger partial charge in [-0.2, -0.15) is 0 Å². The Balaban J connectivity index is 1.35. The summed E-state index contributed by atoms with van der Waals surface area (Å²) in [6, 6.07) is 26.7. The van der Waals surface area contributed by atoms with Gasteiger partial charge >= 0.3 is 5.97 Å². The number of aromatic nitrogens is 2. The van der Waals surface area contributed by atoms with E-state index < -0.39 is 5.97 Å². The zero-order valence-electron chi connectivity index (χ0n) is 24.0. The maximum absolute atomic E-state index is 13.3. The molecule has 5 rings (SSSR count). The molecule has 1 atom stereocenters. The van der Waals surface area contributed by atoms with Gasteiger partial charge in [0.05, 0.1) is 23.4 Å². The normalized spacial score (nSPS) is 12.0. The van der Waals surface area contributed by atoms with Crippen molar-refractivity contribution in [2.45, 2.75) is 32.4 Å². The Morgan fingerprint density at radius 3 is 2.55 bits per heavy atom. The first-order chi connectivity index (χ1) is 21.3. The average Bonchev–Trinajstić information content (AvgIpc) is 3.40. The van der Waals surface area contributed by atoms with Crippen LogP contribution < -0.4 is 10.1 Å². The van der Waals surface area contributed by atoms with Crippen LogP contribution >= 0.6 is 23.2 Å². The Morgan fingerprint density at radius 2 is 1.77 bits per heavy atom. The van der Waals surface area contributed by atoms with Gasteiger partial charge in [-0.15, -0.1) is 0 Å². The second kappa shape index (κ2) is 14.3. The highest BCUT2D eigenvalue weighted by molar-refractivity contribution is 6.36. The summed E-state index contributed by atoms with van der Waals surface area (Å²) in [6.07, 6.45) is 6.06. The molecule has 7 nitrogen and oxygen atoms in total. The Kier molecular flexibility index (Phi) is 10.00. The molecule has 1 heterocycles. The molecule has 0 aliphatic heterocycles. The minimum absolute atomic E-state index is 0.0517. The smallest absolute Gasteiger partial charge is 0.303 e. The number of aliphatic carboxylic acids is 1. The summed E-state index contributed by atoms with van der Waals surface area (Å²) in [5.74, 6) is 0.236. The average molecular weight is 629 g/mol. The lowest BCUT2D eigenvalue weighted by Crippen LogP contribution is -2.30. The van der Waals surface area contributed by atoms with Crippen molar-refractivity contribution < 1.29 is 19.4 Å². The molecule has 0 radical (unpaired) electrons. The summed E-state index contributed by atoms with van der Waals surface area (Å²) in [6.45, 7) is 2.36. The fourth-order valence-electron chi connectivity index (χ4n) is 4.92. The topological polar surface area (TPSA) is 93.5 Å². The van der Waals surface area contributed by atoms with Crippen LogP contribution in [0.1, 0.15) is 42.8 Å². The van der Waals surface area contributed by atoms with E-state index in [1.165, 1.54) is 0 Å². The molecule has 4 aromatic carbocycles. The quantitative estimate of drug-likeness (QED) is 0.136. The van der Waals surface area contributed by atoms with Crippen LogP contribution in [0.5, 0.6) is 5.75 Å². The molecule has 0 aliphatic carbocycles. The number of benzene rings is 4. The van der Waals surface area contributed by atoms with Crippen molar-refractivity contribution in [2.75, 3.05) is 6.61 Å². The Hall–Kier alpha value is -4.59. The number of amides is 1. The number of carboxylic acid groups (broad SMARTS) is 1. The molecule has 0 saturated carbocycles. The molecule has 0 fully saturated rings. The van der Waals surface area contributed by atoms with Crippen LogP contribution in [0, 0.1) is 0 Å². The fraction of sp³-hybridized carbons (Fsp3) is 0.171. The first-order valence-corrected chi connectivity index (χ1v) is 14.9. The van der Waals surface area contributed by atoms with E-state index in [0.717, 1.165) is 21.9 Å². The first kappa shape index (κ1) is 30.9. The second-order valence-corrected chi connectivity index (χ2v) is 11.2. The highest BCUT2D eigenvalue weighted by Gasteiger charge is 2.16. The second-order valence-electron chi connectivity index (χ2n) is 10.3. The van der Waals surface area contributed by atoms with E-state index in [-0.39, 0.29) is 24.9 Å². The van der Waals surface area contributed by atoms with E-state index >= 15 is 0 Å². The van der Waals surface area contributed by atoms with Gasteiger partial charge in [0, 0.05) is 23.2 Å². The van der Waals surface area contributed by atoms with Gasteiger partial charge in [0.25, 0.3) is 0 Å². The van der Waals surface area contributed by atoms with E-state index in [2.05, 4.69) is 23.5 Å². The summed E-state index contributed by atoms with van der Waals surface area (Å²) >= 11 is 12.6. The SMILES string of the molecule is CC(NC(=O)Cn1cc(-c2ccc(Cl)cc2Cl)nc1C=Cc1ccc(OCCCC(=O)O)cc1)c1cccc2ccccc12. The van der Waals surface area contributed by atoms with Crippen LogP contribution in [0.3, 0.4) is 0 Å². The standard InChI is InChI=1S/C35H31Cl2N3O4/c1-23(28-9-4-7-25-6-2-3-8-29(25)28)38-34(41)22-40-21-32(30-17-14-26(36)20-31(30)37)39-33(40)18-13-24-11-15-27(16-12-24)44-19-5-10-35(42)43/h2-4,6-9,11-18,20-21,23H,5,10,19,22H2,1H3,(H,38,41)(H,42,43). The number of hydrogen-bond acceptors (Lipinski definition) is 4. The van der Waals surface area contributed by atoms with Crippen molar-refractivity contribution in [3.8, 4) is 17.0 Å². The summed E-state index contributed by atoms with van der Waals surface area (Å²) in [7, 11) is 0. The third-order valence-electron chi connectivity index (χ3n) is 7.10. The highest BCUT2D eigenvalue weighted by Crippen LogP contribution is 2.30. The first-order valence-electron chi connectivity index (χ1n) is 14.2. The van der Waals surface area contributed by atoms with Crippen molar-refractivity contribution in [2.24, 2.45) is 0 Å². The van der Waals surface area contributed by atoms with Crippen molar-refractivity contribution in [1.82, 2.24) is 14.9 Å². The van der Waals surface area contributed by atoms with Gasteiger partial charge in [0.15, 0.2) is 0 Å². The summed E-state index contributed by atoms with van der Waals surface area (Å²) in [4.78, 5) is 28.8. The number of halogens is 2. The highest BCUT2D eigenvalue weighted by atomic mass is 35.5. The number of carbonyl (C=O) groups excluding carboxylic acids is 1. The van der Waals surface area contributed by atoms with Crippen molar-refractivity contribution in [1.29, 1.82) is 0 Å². The Labute approximate surface area is 265 Å². The number of fused-ring (bicyclic) bond motifs is 1. The predicted octanol–water partition coefficient (Wildman–Crippen LogP) is 8.30. The molecule has 0 bridgehead atoms. The minimum atomic E-state index is -0.842. The molecule has 2 N–H and O–H groups in total. The number of imidazole rings is 1. The summed E-state index contributed by atoms with van der Waals surface area (Å²) < 4.78 is 7.42. The van der Waals surface area contributed by atoms with E-state index in [0.29, 0.717) is 45.9 Å². The summed E-state index contributed by atoms with van der Waals surface area (Å²) in [5.41, 5.74) is 3.27.